The molecule has 2 aromatic carbocycles. The smallest absolute Gasteiger partial charge is 0.198 e. The lowest BCUT2D eigenvalue weighted by Crippen LogP contribution is -2.06. The minimum Gasteiger partial charge on any atom is -0.493 e. The van der Waals surface area contributed by atoms with Crippen molar-refractivity contribution in [2.45, 2.75) is 20.8 Å². The van der Waals surface area contributed by atoms with Crippen molar-refractivity contribution in [2.24, 2.45) is 0 Å². The van der Waals surface area contributed by atoms with Crippen LogP contribution in [0.15, 0.2) is 36.4 Å². The fraction of sp³-hybridized carbons (Fsp3) is 0.235. The van der Waals surface area contributed by atoms with Crippen LogP contribution in [-0.4, -0.2) is 12.4 Å². The van der Waals surface area contributed by atoms with Gasteiger partial charge in [-0.25, -0.2) is 0 Å². The molecule has 0 bridgehead atoms. The summed E-state index contributed by atoms with van der Waals surface area (Å²) in [5.74, 6) is 0.483. The number of ether oxygens (including phenoxy) is 1. The number of halogens is 1. The van der Waals surface area contributed by atoms with Crippen LogP contribution in [-0.2, 0) is 0 Å². The second kappa shape index (κ2) is 6.10. The summed E-state index contributed by atoms with van der Waals surface area (Å²) >= 11 is 6.21. The zero-order chi connectivity index (χ0) is 14.7. The van der Waals surface area contributed by atoms with E-state index in [0.717, 1.165) is 11.1 Å². The normalized spacial score (nSPS) is 10.4. The molecule has 20 heavy (non-hydrogen) atoms. The molecule has 104 valence electrons. The molecule has 0 aromatic heterocycles. The van der Waals surface area contributed by atoms with Crippen LogP contribution in [0.2, 0.25) is 5.02 Å². The average molecular weight is 289 g/mol. The third-order valence-corrected chi connectivity index (χ3v) is 3.57. The third kappa shape index (κ3) is 2.86. The summed E-state index contributed by atoms with van der Waals surface area (Å²) < 4.78 is 5.51. The highest BCUT2D eigenvalue weighted by molar-refractivity contribution is 6.35. The van der Waals surface area contributed by atoms with Gasteiger partial charge < -0.3 is 4.74 Å². The quantitative estimate of drug-likeness (QED) is 0.769. The fourth-order valence-corrected chi connectivity index (χ4v) is 2.34. The highest BCUT2D eigenvalue weighted by Crippen LogP contribution is 2.27. The Kier molecular flexibility index (Phi) is 4.46. The molecule has 0 fully saturated rings. The highest BCUT2D eigenvalue weighted by Gasteiger charge is 2.17. The maximum atomic E-state index is 12.7. The standard InChI is InChI=1S/C17H17ClO2/c1-4-20-16-8-6-5-7-13(16)17(19)14-9-11(2)12(3)10-15(14)18/h5-10H,4H2,1-3H3. The molecule has 0 aliphatic carbocycles. The van der Waals surface area contributed by atoms with E-state index < -0.39 is 0 Å². The van der Waals surface area contributed by atoms with Gasteiger partial charge in [-0.05, 0) is 56.2 Å². The average Bonchev–Trinajstić information content (AvgIpc) is 2.43. The zero-order valence-electron chi connectivity index (χ0n) is 11.9. The lowest BCUT2D eigenvalue weighted by molar-refractivity contribution is 0.103. The van der Waals surface area contributed by atoms with Gasteiger partial charge in [0.15, 0.2) is 5.78 Å². The molecule has 0 unspecified atom stereocenters. The molecule has 0 N–H and O–H groups in total. The monoisotopic (exact) mass is 288 g/mol. The predicted molar refractivity (Wildman–Crippen MR) is 82.0 cm³/mol. The summed E-state index contributed by atoms with van der Waals surface area (Å²) in [6.45, 7) is 6.36. The van der Waals surface area contributed by atoms with Gasteiger partial charge in [0.25, 0.3) is 0 Å². The van der Waals surface area contributed by atoms with E-state index in [9.17, 15) is 4.79 Å². The van der Waals surface area contributed by atoms with E-state index in [1.807, 2.05) is 45.0 Å². The maximum Gasteiger partial charge on any atom is 0.198 e. The fourth-order valence-electron chi connectivity index (χ4n) is 2.04. The Morgan fingerprint density at radius 3 is 2.45 bits per heavy atom. The highest BCUT2D eigenvalue weighted by atomic mass is 35.5. The first kappa shape index (κ1) is 14.6. The van der Waals surface area contributed by atoms with Crippen molar-refractivity contribution < 1.29 is 9.53 Å². The number of aryl methyl sites for hydroxylation is 2. The summed E-state index contributed by atoms with van der Waals surface area (Å²) in [5.41, 5.74) is 3.18. The van der Waals surface area contributed by atoms with E-state index in [2.05, 4.69) is 0 Å². The molecule has 0 radical (unpaired) electrons. The van der Waals surface area contributed by atoms with Crippen molar-refractivity contribution in [1.29, 1.82) is 0 Å². The number of carbonyl (C=O) groups is 1. The van der Waals surface area contributed by atoms with Crippen LogP contribution in [0.1, 0.15) is 34.0 Å². The number of benzene rings is 2. The second-order valence-corrected chi connectivity index (χ2v) is 5.08. The molecular weight excluding hydrogens is 272 g/mol. The van der Waals surface area contributed by atoms with E-state index in [4.69, 9.17) is 16.3 Å². The molecule has 0 aliphatic rings. The Morgan fingerprint density at radius 1 is 1.10 bits per heavy atom. The molecule has 2 rings (SSSR count). The largest absolute Gasteiger partial charge is 0.493 e. The molecule has 0 aliphatic heterocycles. The number of hydrogen-bond donors (Lipinski definition) is 0. The van der Waals surface area contributed by atoms with Gasteiger partial charge in [0.05, 0.1) is 17.2 Å². The van der Waals surface area contributed by atoms with Gasteiger partial charge >= 0.3 is 0 Å². The Balaban J connectivity index is 2.49. The summed E-state index contributed by atoms with van der Waals surface area (Å²) in [5, 5.41) is 0.476. The van der Waals surface area contributed by atoms with Crippen LogP contribution in [0.3, 0.4) is 0 Å². The maximum absolute atomic E-state index is 12.7. The molecule has 3 heteroatoms. The van der Waals surface area contributed by atoms with Crippen molar-refractivity contribution in [3.8, 4) is 5.75 Å². The van der Waals surface area contributed by atoms with Crippen LogP contribution in [0.4, 0.5) is 0 Å². The third-order valence-electron chi connectivity index (χ3n) is 3.26. The van der Waals surface area contributed by atoms with Gasteiger partial charge in [0.2, 0.25) is 0 Å². The van der Waals surface area contributed by atoms with Gasteiger partial charge in [0.1, 0.15) is 5.75 Å². The Labute approximate surface area is 124 Å². The van der Waals surface area contributed by atoms with Gasteiger partial charge in [0, 0.05) is 5.56 Å². The molecule has 2 nitrogen and oxygen atoms in total. The molecule has 0 heterocycles. The Hall–Kier alpha value is -1.80. The summed E-state index contributed by atoms with van der Waals surface area (Å²) in [6, 6.07) is 10.9. The summed E-state index contributed by atoms with van der Waals surface area (Å²) in [7, 11) is 0. The van der Waals surface area contributed by atoms with Gasteiger partial charge in [-0.2, -0.15) is 0 Å². The van der Waals surface area contributed by atoms with Gasteiger partial charge in [-0.1, -0.05) is 23.7 Å². The van der Waals surface area contributed by atoms with Crippen molar-refractivity contribution in [3.05, 3.63) is 63.7 Å². The van der Waals surface area contributed by atoms with E-state index in [-0.39, 0.29) is 5.78 Å². The second-order valence-electron chi connectivity index (χ2n) is 4.67. The van der Waals surface area contributed by atoms with Gasteiger partial charge in [-0.3, -0.25) is 4.79 Å². The number of para-hydroxylation sites is 1. The van der Waals surface area contributed by atoms with E-state index >= 15 is 0 Å². The molecule has 0 atom stereocenters. The van der Waals surface area contributed by atoms with Crippen molar-refractivity contribution in [2.75, 3.05) is 6.61 Å². The molecule has 0 amide bonds. The van der Waals surface area contributed by atoms with Crippen molar-refractivity contribution in [3.63, 3.8) is 0 Å². The number of hydrogen-bond acceptors (Lipinski definition) is 2. The Morgan fingerprint density at radius 2 is 1.75 bits per heavy atom. The predicted octanol–water partition coefficient (Wildman–Crippen LogP) is 4.59. The first-order valence-electron chi connectivity index (χ1n) is 6.58. The van der Waals surface area contributed by atoms with Crippen LogP contribution in [0, 0.1) is 13.8 Å². The lowest BCUT2D eigenvalue weighted by atomic mass is 9.98. The molecule has 0 saturated heterocycles. The summed E-state index contributed by atoms with van der Waals surface area (Å²) in [4.78, 5) is 12.7. The number of ketones is 1. The van der Waals surface area contributed by atoms with E-state index in [1.54, 1.807) is 12.1 Å². The number of carbonyl (C=O) groups excluding carboxylic acids is 1. The number of rotatable bonds is 4. The topological polar surface area (TPSA) is 26.3 Å². The SMILES string of the molecule is CCOc1ccccc1C(=O)c1cc(C)c(C)cc1Cl. The lowest BCUT2D eigenvalue weighted by Gasteiger charge is -2.11. The summed E-state index contributed by atoms with van der Waals surface area (Å²) in [6.07, 6.45) is 0. The first-order chi connectivity index (χ1) is 9.54. The van der Waals surface area contributed by atoms with Crippen LogP contribution in [0.5, 0.6) is 5.75 Å². The van der Waals surface area contributed by atoms with Gasteiger partial charge in [-0.15, -0.1) is 0 Å². The molecule has 0 spiro atoms. The van der Waals surface area contributed by atoms with Crippen molar-refractivity contribution >= 4 is 17.4 Å². The Bertz CT molecular complexity index is 647. The molecule has 2 aromatic rings. The van der Waals surface area contributed by atoms with E-state index in [0.29, 0.717) is 28.5 Å². The minimum absolute atomic E-state index is 0.109. The first-order valence-corrected chi connectivity index (χ1v) is 6.95. The van der Waals surface area contributed by atoms with E-state index in [1.165, 1.54) is 0 Å². The minimum atomic E-state index is -0.109. The zero-order valence-corrected chi connectivity index (χ0v) is 12.6. The molecule has 0 saturated carbocycles. The van der Waals surface area contributed by atoms with Crippen molar-refractivity contribution in [1.82, 2.24) is 0 Å². The van der Waals surface area contributed by atoms with Crippen LogP contribution < -0.4 is 4.74 Å². The van der Waals surface area contributed by atoms with Crippen LogP contribution in [0.25, 0.3) is 0 Å². The molecular formula is C17H17ClO2. The van der Waals surface area contributed by atoms with Crippen LogP contribution >= 0.6 is 11.6 Å².